The molecule has 0 N–H and O–H groups in total. The molecule has 0 aliphatic heterocycles. The molecule has 0 saturated carbocycles. The summed E-state index contributed by atoms with van der Waals surface area (Å²) in [7, 11) is 1.70. The van der Waals surface area contributed by atoms with Gasteiger partial charge >= 0.3 is 0 Å². The minimum Gasteiger partial charge on any atom is -0.496 e. The van der Waals surface area contributed by atoms with Crippen molar-refractivity contribution in [3.05, 3.63) is 41.7 Å². The second-order valence-electron chi connectivity index (χ2n) is 5.72. The number of methoxy groups -OCH3 is 1. The molecule has 0 fully saturated rings. The van der Waals surface area contributed by atoms with Crippen molar-refractivity contribution in [1.82, 2.24) is 9.97 Å². The fraction of sp³-hybridized carbons (Fsp3) is 0.375. The maximum absolute atomic E-state index is 5.61. The van der Waals surface area contributed by atoms with Gasteiger partial charge in [0.05, 0.1) is 12.7 Å². The van der Waals surface area contributed by atoms with Gasteiger partial charge in [-0.25, -0.2) is 9.97 Å². The van der Waals surface area contributed by atoms with E-state index in [-0.39, 0.29) is 5.41 Å². The van der Waals surface area contributed by atoms with E-state index in [0.717, 1.165) is 22.4 Å². The van der Waals surface area contributed by atoms with Gasteiger partial charge in [-0.3, -0.25) is 0 Å². The number of hydrogen-bond acceptors (Lipinski definition) is 3. The molecule has 0 unspecified atom stereocenters. The van der Waals surface area contributed by atoms with E-state index in [2.05, 4.69) is 36.8 Å². The Bertz CT molecular complexity index is 568. The predicted molar refractivity (Wildman–Crippen MR) is 77.5 cm³/mol. The van der Waals surface area contributed by atoms with Gasteiger partial charge in [-0.1, -0.05) is 32.9 Å². The van der Waals surface area contributed by atoms with Crippen LogP contribution in [0, 0.1) is 6.92 Å². The molecule has 19 heavy (non-hydrogen) atoms. The third-order valence-electron chi connectivity index (χ3n) is 3.05. The quantitative estimate of drug-likeness (QED) is 0.820. The average molecular weight is 256 g/mol. The molecule has 0 atom stereocenters. The molecule has 0 aliphatic rings. The lowest BCUT2D eigenvalue weighted by Crippen LogP contribution is -2.13. The monoisotopic (exact) mass is 256 g/mol. The van der Waals surface area contributed by atoms with Gasteiger partial charge in [0.15, 0.2) is 5.82 Å². The molecule has 0 spiro atoms. The van der Waals surface area contributed by atoms with Crippen LogP contribution in [0.1, 0.15) is 31.9 Å². The highest BCUT2D eigenvalue weighted by atomic mass is 16.5. The number of hydrogen-bond donors (Lipinski definition) is 0. The molecule has 1 aromatic heterocycles. The van der Waals surface area contributed by atoms with Crippen LogP contribution in [0.5, 0.6) is 5.75 Å². The number of rotatable bonds is 2. The lowest BCUT2D eigenvalue weighted by molar-refractivity contribution is 0.399. The summed E-state index contributed by atoms with van der Waals surface area (Å²) >= 11 is 0. The van der Waals surface area contributed by atoms with Crippen molar-refractivity contribution in [3.8, 4) is 17.1 Å². The summed E-state index contributed by atoms with van der Waals surface area (Å²) in [4.78, 5) is 8.78. The summed E-state index contributed by atoms with van der Waals surface area (Å²) in [6, 6.07) is 6.12. The first-order valence-electron chi connectivity index (χ1n) is 6.40. The number of para-hydroxylation sites is 1. The van der Waals surface area contributed by atoms with Crippen LogP contribution >= 0.6 is 0 Å². The van der Waals surface area contributed by atoms with Gasteiger partial charge in [0.25, 0.3) is 0 Å². The largest absolute Gasteiger partial charge is 0.496 e. The number of ether oxygens (including phenoxy) is 1. The predicted octanol–water partition coefficient (Wildman–Crippen LogP) is 3.76. The van der Waals surface area contributed by atoms with Crippen molar-refractivity contribution < 1.29 is 4.74 Å². The van der Waals surface area contributed by atoms with E-state index in [1.165, 1.54) is 0 Å². The highest BCUT2D eigenvalue weighted by Gasteiger charge is 2.22. The van der Waals surface area contributed by atoms with Crippen molar-refractivity contribution in [2.24, 2.45) is 0 Å². The number of benzene rings is 1. The Morgan fingerprint density at radius 3 is 2.21 bits per heavy atom. The highest BCUT2D eigenvalue weighted by Crippen LogP contribution is 2.37. The molecule has 2 aromatic rings. The van der Waals surface area contributed by atoms with Crippen molar-refractivity contribution in [3.63, 3.8) is 0 Å². The fourth-order valence-corrected chi connectivity index (χ4v) is 2.06. The first kappa shape index (κ1) is 13.5. The van der Waals surface area contributed by atoms with Crippen LogP contribution in [0.25, 0.3) is 11.4 Å². The highest BCUT2D eigenvalue weighted by molar-refractivity contribution is 5.67. The van der Waals surface area contributed by atoms with Crippen LogP contribution in [0.2, 0.25) is 0 Å². The Morgan fingerprint density at radius 2 is 1.68 bits per heavy atom. The van der Waals surface area contributed by atoms with Gasteiger partial charge in [0, 0.05) is 18.0 Å². The summed E-state index contributed by atoms with van der Waals surface area (Å²) in [5.41, 5.74) is 3.17. The normalized spacial score (nSPS) is 11.4. The second kappa shape index (κ2) is 5.00. The molecule has 1 aromatic carbocycles. The average Bonchev–Trinajstić information content (AvgIpc) is 2.37. The smallest absolute Gasteiger partial charge is 0.162 e. The summed E-state index contributed by atoms with van der Waals surface area (Å²) in [5, 5.41) is 0. The van der Waals surface area contributed by atoms with E-state index in [1.807, 2.05) is 31.5 Å². The standard InChI is InChI=1S/C16H20N2O/c1-11-9-17-15(18-10-11)12-7-6-8-13(14(12)19-5)16(2,3)4/h6-10H,1-5H3. The van der Waals surface area contributed by atoms with Gasteiger partial charge in [-0.05, 0) is 24.0 Å². The Hall–Kier alpha value is -1.90. The molecule has 3 nitrogen and oxygen atoms in total. The molecular formula is C16H20N2O. The van der Waals surface area contributed by atoms with Gasteiger partial charge in [0.1, 0.15) is 5.75 Å². The minimum atomic E-state index is 0.0199. The van der Waals surface area contributed by atoms with E-state index in [4.69, 9.17) is 4.74 Å². The first-order valence-corrected chi connectivity index (χ1v) is 6.40. The van der Waals surface area contributed by atoms with E-state index in [1.54, 1.807) is 7.11 Å². The van der Waals surface area contributed by atoms with E-state index < -0.39 is 0 Å². The summed E-state index contributed by atoms with van der Waals surface area (Å²) in [6.07, 6.45) is 3.65. The number of nitrogens with zero attached hydrogens (tertiary/aromatic N) is 2. The van der Waals surface area contributed by atoms with Gasteiger partial charge in [-0.2, -0.15) is 0 Å². The Morgan fingerprint density at radius 1 is 1.05 bits per heavy atom. The lowest BCUT2D eigenvalue weighted by Gasteiger charge is -2.23. The molecule has 2 rings (SSSR count). The number of aromatic nitrogens is 2. The second-order valence-corrected chi connectivity index (χ2v) is 5.72. The van der Waals surface area contributed by atoms with Gasteiger partial charge < -0.3 is 4.74 Å². The molecule has 0 aliphatic carbocycles. The zero-order valence-corrected chi connectivity index (χ0v) is 12.2. The van der Waals surface area contributed by atoms with Crippen LogP contribution in [-0.4, -0.2) is 17.1 Å². The zero-order valence-electron chi connectivity index (χ0n) is 12.2. The van der Waals surface area contributed by atoms with Crippen molar-refractivity contribution in [2.45, 2.75) is 33.1 Å². The van der Waals surface area contributed by atoms with E-state index >= 15 is 0 Å². The van der Waals surface area contributed by atoms with Crippen molar-refractivity contribution in [2.75, 3.05) is 7.11 Å². The maximum atomic E-state index is 5.61. The Labute approximate surface area is 114 Å². The molecule has 0 amide bonds. The fourth-order valence-electron chi connectivity index (χ4n) is 2.06. The molecular weight excluding hydrogens is 236 g/mol. The molecule has 1 heterocycles. The first-order chi connectivity index (χ1) is 8.93. The summed E-state index contributed by atoms with van der Waals surface area (Å²) in [5.74, 6) is 1.56. The summed E-state index contributed by atoms with van der Waals surface area (Å²) < 4.78 is 5.61. The minimum absolute atomic E-state index is 0.0199. The number of aryl methyl sites for hydroxylation is 1. The van der Waals surface area contributed by atoms with Crippen LogP contribution < -0.4 is 4.74 Å². The van der Waals surface area contributed by atoms with Crippen molar-refractivity contribution in [1.29, 1.82) is 0 Å². The third kappa shape index (κ3) is 2.75. The van der Waals surface area contributed by atoms with Crippen LogP contribution in [0.3, 0.4) is 0 Å². The van der Waals surface area contributed by atoms with Crippen LogP contribution in [0.15, 0.2) is 30.6 Å². The van der Waals surface area contributed by atoms with E-state index in [0.29, 0.717) is 5.82 Å². The maximum Gasteiger partial charge on any atom is 0.162 e. The Kier molecular flexibility index (Phi) is 3.56. The Balaban J connectivity index is 2.61. The van der Waals surface area contributed by atoms with Crippen LogP contribution in [0.4, 0.5) is 0 Å². The molecule has 0 radical (unpaired) electrons. The van der Waals surface area contributed by atoms with Crippen molar-refractivity contribution >= 4 is 0 Å². The lowest BCUT2D eigenvalue weighted by atomic mass is 9.85. The third-order valence-corrected chi connectivity index (χ3v) is 3.05. The SMILES string of the molecule is COc1c(-c2ncc(C)cn2)cccc1C(C)(C)C. The topological polar surface area (TPSA) is 35.0 Å². The molecule has 100 valence electrons. The zero-order chi connectivity index (χ0) is 14.0. The van der Waals surface area contributed by atoms with Crippen LogP contribution in [-0.2, 0) is 5.41 Å². The summed E-state index contributed by atoms with van der Waals surface area (Å²) in [6.45, 7) is 8.49. The van der Waals surface area contributed by atoms with Gasteiger partial charge in [0.2, 0.25) is 0 Å². The molecule has 0 bridgehead atoms. The molecule has 0 saturated heterocycles. The van der Waals surface area contributed by atoms with E-state index in [9.17, 15) is 0 Å². The van der Waals surface area contributed by atoms with Gasteiger partial charge in [-0.15, -0.1) is 0 Å². The molecule has 3 heteroatoms.